The second-order valence-corrected chi connectivity index (χ2v) is 10.1. The number of halogens is 3. The van der Waals surface area contributed by atoms with Crippen molar-refractivity contribution in [1.82, 2.24) is 14.5 Å². The smallest absolute Gasteiger partial charge is 0.475 e. The Bertz CT molecular complexity index is 946. The minimum Gasteiger partial charge on any atom is -0.475 e. The van der Waals surface area contributed by atoms with Crippen molar-refractivity contribution in [2.75, 3.05) is 39.3 Å². The van der Waals surface area contributed by atoms with Gasteiger partial charge in [0.2, 0.25) is 15.9 Å². The minimum atomic E-state index is -5.08. The Labute approximate surface area is 199 Å². The SMILES string of the molecule is CCCCCN(CC(=O)N1CCNCC1)S(=O)(=O)c1cc(C)c(C)cc1C.O=C(O)C(F)(F)F. The number of hydrogen-bond donors (Lipinski definition) is 2. The Morgan fingerprint density at radius 3 is 2.09 bits per heavy atom. The minimum absolute atomic E-state index is 0.0849. The van der Waals surface area contributed by atoms with Gasteiger partial charge < -0.3 is 15.3 Å². The topological polar surface area (TPSA) is 107 Å². The summed E-state index contributed by atoms with van der Waals surface area (Å²) in [6.07, 6.45) is -2.38. The number of nitrogens with zero attached hydrogens (tertiary/aromatic N) is 2. The molecule has 1 aliphatic rings. The molecule has 1 amide bonds. The van der Waals surface area contributed by atoms with Gasteiger partial charge in [-0.1, -0.05) is 25.8 Å². The van der Waals surface area contributed by atoms with Crippen LogP contribution in [0.25, 0.3) is 0 Å². The predicted molar refractivity (Wildman–Crippen MR) is 122 cm³/mol. The van der Waals surface area contributed by atoms with Crippen LogP contribution >= 0.6 is 0 Å². The van der Waals surface area contributed by atoms with Crippen LogP contribution in [0, 0.1) is 20.8 Å². The number of nitrogens with one attached hydrogen (secondary N) is 1. The molecule has 0 aromatic heterocycles. The van der Waals surface area contributed by atoms with E-state index in [1.165, 1.54) is 4.31 Å². The van der Waals surface area contributed by atoms with Gasteiger partial charge in [0, 0.05) is 32.7 Å². The number of unbranched alkanes of at least 4 members (excludes halogenated alkanes) is 2. The molecule has 1 saturated heterocycles. The van der Waals surface area contributed by atoms with Gasteiger partial charge in [0.1, 0.15) is 0 Å². The van der Waals surface area contributed by atoms with Crippen LogP contribution in [0.4, 0.5) is 13.2 Å². The average molecular weight is 510 g/mol. The number of aliphatic carboxylic acids is 1. The van der Waals surface area contributed by atoms with E-state index in [1.807, 2.05) is 26.8 Å². The zero-order chi connectivity index (χ0) is 26.1. The second kappa shape index (κ2) is 13.1. The summed E-state index contributed by atoms with van der Waals surface area (Å²) in [5, 5.41) is 10.3. The van der Waals surface area contributed by atoms with E-state index in [4.69, 9.17) is 9.90 Å². The standard InChI is InChI=1S/C20H33N3O3S.C2HF3O2/c1-5-6-7-10-23(15-20(24)22-11-8-21-9-12-22)27(25,26)19-14-17(3)16(2)13-18(19)4;3-2(4,5)1(6)7/h13-14,21H,5-12,15H2,1-4H3;(H,6,7). The zero-order valence-electron chi connectivity index (χ0n) is 20.0. The number of benzene rings is 1. The van der Waals surface area contributed by atoms with Crippen molar-refractivity contribution in [1.29, 1.82) is 0 Å². The quantitative estimate of drug-likeness (QED) is 0.522. The average Bonchev–Trinajstić information content (AvgIpc) is 2.75. The van der Waals surface area contributed by atoms with Crippen molar-refractivity contribution < 1.29 is 36.3 Å². The van der Waals surface area contributed by atoms with E-state index in [1.54, 1.807) is 11.0 Å². The van der Waals surface area contributed by atoms with Crippen molar-refractivity contribution in [2.45, 2.75) is 58.0 Å². The van der Waals surface area contributed by atoms with Crippen LogP contribution in [0.2, 0.25) is 0 Å². The number of alkyl halides is 3. The highest BCUT2D eigenvalue weighted by molar-refractivity contribution is 7.89. The number of sulfonamides is 1. The molecule has 0 radical (unpaired) electrons. The van der Waals surface area contributed by atoms with Crippen LogP contribution in [-0.4, -0.2) is 80.1 Å². The molecule has 34 heavy (non-hydrogen) atoms. The maximum absolute atomic E-state index is 13.4. The highest BCUT2D eigenvalue weighted by Crippen LogP contribution is 2.24. The summed E-state index contributed by atoms with van der Waals surface area (Å²) in [6, 6.07) is 3.65. The van der Waals surface area contributed by atoms with Crippen molar-refractivity contribution in [2.24, 2.45) is 0 Å². The Morgan fingerprint density at radius 1 is 1.06 bits per heavy atom. The number of hydrogen-bond acceptors (Lipinski definition) is 5. The first-order valence-corrected chi connectivity index (χ1v) is 12.5. The molecule has 1 aliphatic heterocycles. The third kappa shape index (κ3) is 8.88. The van der Waals surface area contributed by atoms with E-state index in [2.05, 4.69) is 12.2 Å². The molecule has 12 heteroatoms. The van der Waals surface area contributed by atoms with Gasteiger partial charge >= 0.3 is 12.1 Å². The Kier molecular flexibility index (Phi) is 11.5. The van der Waals surface area contributed by atoms with E-state index < -0.39 is 22.2 Å². The van der Waals surface area contributed by atoms with Gasteiger partial charge in [0.15, 0.2) is 0 Å². The zero-order valence-corrected chi connectivity index (χ0v) is 20.9. The van der Waals surface area contributed by atoms with E-state index in [0.29, 0.717) is 24.5 Å². The highest BCUT2D eigenvalue weighted by Gasteiger charge is 2.38. The lowest BCUT2D eigenvalue weighted by Gasteiger charge is -2.30. The third-order valence-corrected chi connectivity index (χ3v) is 7.43. The number of carboxylic acids is 1. The number of carbonyl (C=O) groups excluding carboxylic acids is 1. The fourth-order valence-corrected chi connectivity index (χ4v) is 5.06. The molecule has 0 aliphatic carbocycles. The molecule has 1 aromatic carbocycles. The van der Waals surface area contributed by atoms with Crippen LogP contribution < -0.4 is 5.32 Å². The molecule has 0 unspecified atom stereocenters. The molecule has 1 heterocycles. The van der Waals surface area contributed by atoms with Crippen molar-refractivity contribution in [3.8, 4) is 0 Å². The largest absolute Gasteiger partial charge is 0.490 e. The molecule has 2 N–H and O–H groups in total. The molecule has 2 rings (SSSR count). The van der Waals surface area contributed by atoms with Crippen LogP contribution in [0.15, 0.2) is 17.0 Å². The summed E-state index contributed by atoms with van der Waals surface area (Å²) in [7, 11) is -3.71. The summed E-state index contributed by atoms with van der Waals surface area (Å²) < 4.78 is 59.9. The van der Waals surface area contributed by atoms with E-state index in [9.17, 15) is 26.4 Å². The fourth-order valence-electron chi connectivity index (χ4n) is 3.34. The number of aryl methyl sites for hydroxylation is 3. The lowest BCUT2D eigenvalue weighted by Crippen LogP contribution is -2.50. The van der Waals surface area contributed by atoms with Gasteiger partial charge in [-0.25, -0.2) is 13.2 Å². The monoisotopic (exact) mass is 509 g/mol. The first kappa shape index (κ1) is 29.9. The summed E-state index contributed by atoms with van der Waals surface area (Å²) >= 11 is 0. The van der Waals surface area contributed by atoms with Gasteiger partial charge in [0.05, 0.1) is 11.4 Å². The predicted octanol–water partition coefficient (Wildman–Crippen LogP) is 2.86. The van der Waals surface area contributed by atoms with Gasteiger partial charge in [-0.2, -0.15) is 17.5 Å². The second-order valence-electron chi connectivity index (χ2n) is 8.18. The Balaban J connectivity index is 0.000000718. The molecule has 1 fully saturated rings. The van der Waals surface area contributed by atoms with Crippen molar-refractivity contribution in [3.05, 3.63) is 28.8 Å². The molecule has 0 saturated carbocycles. The van der Waals surface area contributed by atoms with Gasteiger partial charge in [-0.3, -0.25) is 4.79 Å². The molecule has 0 bridgehead atoms. The molecular weight excluding hydrogens is 475 g/mol. The van der Waals surface area contributed by atoms with E-state index >= 15 is 0 Å². The summed E-state index contributed by atoms with van der Waals surface area (Å²) in [5.74, 6) is -2.87. The summed E-state index contributed by atoms with van der Waals surface area (Å²) in [5.41, 5.74) is 2.75. The van der Waals surface area contributed by atoms with Crippen molar-refractivity contribution in [3.63, 3.8) is 0 Å². The first-order valence-electron chi connectivity index (χ1n) is 11.1. The van der Waals surface area contributed by atoms with Gasteiger partial charge in [-0.15, -0.1) is 0 Å². The summed E-state index contributed by atoms with van der Waals surface area (Å²) in [4.78, 5) is 23.7. The lowest BCUT2D eigenvalue weighted by molar-refractivity contribution is -0.192. The lowest BCUT2D eigenvalue weighted by atomic mass is 10.1. The van der Waals surface area contributed by atoms with Crippen LogP contribution in [0.3, 0.4) is 0 Å². The van der Waals surface area contributed by atoms with Gasteiger partial charge in [0.25, 0.3) is 0 Å². The van der Waals surface area contributed by atoms with E-state index in [-0.39, 0.29) is 12.5 Å². The molecule has 194 valence electrons. The number of amides is 1. The first-order chi connectivity index (χ1) is 15.7. The molecule has 0 atom stereocenters. The molecule has 8 nitrogen and oxygen atoms in total. The molecule has 0 spiro atoms. The highest BCUT2D eigenvalue weighted by atomic mass is 32.2. The number of carbonyl (C=O) groups is 2. The molecule has 1 aromatic rings. The van der Waals surface area contributed by atoms with Crippen LogP contribution in [-0.2, 0) is 19.6 Å². The number of rotatable bonds is 8. The van der Waals surface area contributed by atoms with Crippen LogP contribution in [0.5, 0.6) is 0 Å². The normalized spacial score (nSPS) is 14.5. The summed E-state index contributed by atoms with van der Waals surface area (Å²) in [6.45, 7) is 10.9. The third-order valence-electron chi connectivity index (χ3n) is 5.44. The van der Waals surface area contributed by atoms with Crippen LogP contribution in [0.1, 0.15) is 42.9 Å². The van der Waals surface area contributed by atoms with Gasteiger partial charge in [-0.05, 0) is 49.9 Å². The maximum atomic E-state index is 13.4. The Morgan fingerprint density at radius 2 is 1.59 bits per heavy atom. The fraction of sp³-hybridized carbons (Fsp3) is 0.636. The maximum Gasteiger partial charge on any atom is 0.490 e. The molecular formula is C22H34F3N3O5S. The Hall–Kier alpha value is -2.18. The number of piperazine rings is 1. The van der Waals surface area contributed by atoms with E-state index in [0.717, 1.165) is 49.0 Å². The number of carboxylic acid groups (broad SMARTS) is 1. The van der Waals surface area contributed by atoms with Crippen molar-refractivity contribution >= 4 is 21.9 Å².